The van der Waals surface area contributed by atoms with Gasteiger partial charge in [-0.3, -0.25) is 4.79 Å². The quantitative estimate of drug-likeness (QED) is 0.400. The minimum absolute atomic E-state index is 0.00665. The van der Waals surface area contributed by atoms with Gasteiger partial charge in [0, 0.05) is 0 Å². The highest BCUT2D eigenvalue weighted by Gasteiger charge is 2.39. The van der Waals surface area contributed by atoms with E-state index in [0.717, 1.165) is 0 Å². The van der Waals surface area contributed by atoms with Gasteiger partial charge in [0.05, 0.1) is 41.8 Å². The number of carbonyl (C=O) groups excluding carboxylic acids is 1. The number of hydrazone groups is 1. The Hall–Kier alpha value is -3.50. The molecule has 3 rings (SSSR count). The van der Waals surface area contributed by atoms with Crippen LogP contribution in [0.3, 0.4) is 0 Å². The van der Waals surface area contributed by atoms with Gasteiger partial charge in [0.15, 0.2) is 11.5 Å². The fraction of sp³-hybridized carbons (Fsp3) is 0.273. The van der Waals surface area contributed by atoms with Gasteiger partial charge < -0.3 is 9.47 Å². The van der Waals surface area contributed by atoms with Crippen LogP contribution in [0.4, 0.5) is 32.0 Å². The summed E-state index contributed by atoms with van der Waals surface area (Å²) in [5.74, 6) is -0.0147. The SMILES string of the molecule is CCOc1ccc(/C=C2\C(=O)N(c3cc(C(F)(F)F)cc(C(F)(F)F)c3)N=C2C)cc1OC. The zero-order chi connectivity index (χ0) is 24.6. The third-order valence-corrected chi connectivity index (χ3v) is 4.68. The van der Waals surface area contributed by atoms with Gasteiger partial charge >= 0.3 is 12.4 Å². The molecule has 1 aliphatic heterocycles. The molecule has 11 heteroatoms. The number of hydrogen-bond donors (Lipinski definition) is 0. The van der Waals surface area contributed by atoms with Crippen LogP contribution >= 0.6 is 0 Å². The van der Waals surface area contributed by atoms with E-state index >= 15 is 0 Å². The van der Waals surface area contributed by atoms with Crippen LogP contribution in [0.5, 0.6) is 11.5 Å². The largest absolute Gasteiger partial charge is 0.493 e. The first-order valence-corrected chi connectivity index (χ1v) is 9.57. The van der Waals surface area contributed by atoms with Crippen molar-refractivity contribution in [1.29, 1.82) is 0 Å². The number of nitrogens with zero attached hydrogens (tertiary/aromatic N) is 2. The minimum atomic E-state index is -5.05. The molecule has 33 heavy (non-hydrogen) atoms. The zero-order valence-electron chi connectivity index (χ0n) is 17.6. The molecule has 1 amide bonds. The second-order valence-corrected chi connectivity index (χ2v) is 6.97. The van der Waals surface area contributed by atoms with E-state index in [1.54, 1.807) is 25.1 Å². The van der Waals surface area contributed by atoms with Crippen molar-refractivity contribution in [3.8, 4) is 11.5 Å². The summed E-state index contributed by atoms with van der Waals surface area (Å²) in [7, 11) is 1.43. The molecule has 0 saturated carbocycles. The monoisotopic (exact) mass is 472 g/mol. The molecule has 0 unspecified atom stereocenters. The van der Waals surface area contributed by atoms with Gasteiger partial charge in [0.1, 0.15) is 0 Å². The van der Waals surface area contributed by atoms with Crippen LogP contribution in [-0.4, -0.2) is 25.3 Å². The van der Waals surface area contributed by atoms with Gasteiger partial charge in [-0.2, -0.15) is 36.5 Å². The standard InChI is InChI=1S/C22H18F6N2O3/c1-4-33-18-6-5-13(8-19(18)32-3)7-17-12(2)29-30(20(17)31)16-10-14(21(23,24)25)9-15(11-16)22(26,27)28/h5-11H,4H2,1-3H3/b17-7-. The Morgan fingerprint density at radius 3 is 2.09 bits per heavy atom. The smallest absolute Gasteiger partial charge is 0.416 e. The van der Waals surface area contributed by atoms with E-state index in [0.29, 0.717) is 40.8 Å². The third-order valence-electron chi connectivity index (χ3n) is 4.68. The van der Waals surface area contributed by atoms with Crippen LogP contribution in [0, 0.1) is 0 Å². The molecule has 0 N–H and O–H groups in total. The molecule has 2 aromatic carbocycles. The molecule has 5 nitrogen and oxygen atoms in total. The fourth-order valence-electron chi connectivity index (χ4n) is 3.14. The Morgan fingerprint density at radius 1 is 0.970 bits per heavy atom. The molecular formula is C22H18F6N2O3. The van der Waals surface area contributed by atoms with Gasteiger partial charge in [-0.1, -0.05) is 6.07 Å². The Labute approximate surface area is 184 Å². The maximum absolute atomic E-state index is 13.2. The van der Waals surface area contributed by atoms with Crippen molar-refractivity contribution in [2.75, 3.05) is 18.7 Å². The molecule has 2 aromatic rings. The van der Waals surface area contributed by atoms with Crippen LogP contribution in [0.25, 0.3) is 6.08 Å². The summed E-state index contributed by atoms with van der Waals surface area (Å²) in [4.78, 5) is 12.9. The van der Waals surface area contributed by atoms with Crippen LogP contribution in [0.15, 0.2) is 47.1 Å². The summed E-state index contributed by atoms with van der Waals surface area (Å²) in [6, 6.07) is 5.70. The first kappa shape index (κ1) is 24.1. The predicted octanol–water partition coefficient (Wildman–Crippen LogP) is 5.94. The molecule has 0 saturated heterocycles. The number of hydrogen-bond acceptors (Lipinski definition) is 4. The summed E-state index contributed by atoms with van der Waals surface area (Å²) >= 11 is 0. The Morgan fingerprint density at radius 2 is 1.58 bits per heavy atom. The van der Waals surface area contributed by atoms with E-state index in [1.807, 2.05) is 0 Å². The van der Waals surface area contributed by atoms with Crippen LogP contribution in [-0.2, 0) is 17.1 Å². The summed E-state index contributed by atoms with van der Waals surface area (Å²) in [6.07, 6.45) is -8.68. The van der Waals surface area contributed by atoms with Crippen molar-refractivity contribution in [1.82, 2.24) is 0 Å². The van der Waals surface area contributed by atoms with E-state index in [-0.39, 0.29) is 17.4 Å². The van der Waals surface area contributed by atoms with Crippen molar-refractivity contribution in [3.05, 3.63) is 58.7 Å². The van der Waals surface area contributed by atoms with Gasteiger partial charge in [-0.05, 0) is 55.8 Å². The number of amides is 1. The van der Waals surface area contributed by atoms with Crippen LogP contribution < -0.4 is 14.5 Å². The number of carbonyl (C=O) groups is 1. The number of anilines is 1. The summed E-state index contributed by atoms with van der Waals surface area (Å²) in [5, 5.41) is 4.42. The summed E-state index contributed by atoms with van der Waals surface area (Å²) in [5.41, 5.74) is -3.10. The lowest BCUT2D eigenvalue weighted by atomic mass is 10.1. The molecule has 0 atom stereocenters. The predicted molar refractivity (Wildman–Crippen MR) is 109 cm³/mol. The lowest BCUT2D eigenvalue weighted by Gasteiger charge is -2.18. The highest BCUT2D eigenvalue weighted by molar-refractivity contribution is 6.32. The molecular weight excluding hydrogens is 454 g/mol. The molecule has 0 bridgehead atoms. The number of ether oxygens (including phenoxy) is 2. The van der Waals surface area contributed by atoms with E-state index in [9.17, 15) is 31.1 Å². The van der Waals surface area contributed by atoms with Crippen molar-refractivity contribution in [2.45, 2.75) is 26.2 Å². The average Bonchev–Trinajstić information content (AvgIpc) is 3.01. The summed E-state index contributed by atoms with van der Waals surface area (Å²) < 4.78 is 89.7. The van der Waals surface area contributed by atoms with Gasteiger partial charge in [-0.15, -0.1) is 0 Å². The van der Waals surface area contributed by atoms with Crippen LogP contribution in [0.2, 0.25) is 0 Å². The normalized spacial score (nSPS) is 15.8. The number of rotatable bonds is 5. The van der Waals surface area contributed by atoms with E-state index in [2.05, 4.69) is 5.10 Å². The van der Waals surface area contributed by atoms with Crippen molar-refractivity contribution in [2.24, 2.45) is 5.10 Å². The highest BCUT2D eigenvalue weighted by atomic mass is 19.4. The van der Waals surface area contributed by atoms with E-state index in [4.69, 9.17) is 9.47 Å². The molecule has 0 radical (unpaired) electrons. The van der Waals surface area contributed by atoms with Gasteiger partial charge in [0.25, 0.3) is 5.91 Å². The lowest BCUT2D eigenvalue weighted by molar-refractivity contribution is -0.143. The second-order valence-electron chi connectivity index (χ2n) is 6.97. The fourth-order valence-corrected chi connectivity index (χ4v) is 3.14. The molecule has 1 heterocycles. The van der Waals surface area contributed by atoms with Crippen LogP contribution in [0.1, 0.15) is 30.5 Å². The number of alkyl halides is 6. The van der Waals surface area contributed by atoms with E-state index < -0.39 is 35.1 Å². The van der Waals surface area contributed by atoms with Crippen molar-refractivity contribution < 1.29 is 40.6 Å². The maximum atomic E-state index is 13.2. The zero-order valence-corrected chi connectivity index (χ0v) is 17.6. The highest BCUT2D eigenvalue weighted by Crippen LogP contribution is 2.39. The Balaban J connectivity index is 2.02. The Bertz CT molecular complexity index is 1100. The maximum Gasteiger partial charge on any atom is 0.416 e. The molecule has 0 fully saturated rings. The summed E-state index contributed by atoms with van der Waals surface area (Å²) in [6.45, 7) is 3.61. The molecule has 0 aliphatic carbocycles. The van der Waals surface area contributed by atoms with E-state index in [1.165, 1.54) is 20.1 Å². The first-order chi connectivity index (χ1) is 15.3. The Kier molecular flexibility index (Phi) is 6.44. The second kappa shape index (κ2) is 8.80. The van der Waals surface area contributed by atoms with Crippen molar-refractivity contribution in [3.63, 3.8) is 0 Å². The van der Waals surface area contributed by atoms with Gasteiger partial charge in [-0.25, -0.2) is 0 Å². The lowest BCUT2D eigenvalue weighted by Crippen LogP contribution is -2.23. The number of benzene rings is 2. The number of halogens is 6. The molecule has 1 aliphatic rings. The first-order valence-electron chi connectivity index (χ1n) is 9.57. The average molecular weight is 472 g/mol. The number of methoxy groups -OCH3 is 1. The molecule has 176 valence electrons. The molecule has 0 spiro atoms. The van der Waals surface area contributed by atoms with Gasteiger partial charge in [0.2, 0.25) is 0 Å². The minimum Gasteiger partial charge on any atom is -0.493 e. The molecule has 0 aromatic heterocycles. The topological polar surface area (TPSA) is 51.1 Å². The van der Waals surface area contributed by atoms with Crippen molar-refractivity contribution >= 4 is 23.4 Å². The third kappa shape index (κ3) is 5.12.